The molecule has 17 heavy (non-hydrogen) atoms. The summed E-state index contributed by atoms with van der Waals surface area (Å²) in [5.74, 6) is 1.11. The standard InChI is InChI=1S/C12H16N2O3/c1-8-2-3-10(6-12(8)14(15)16)17-11-4-9(5-11)7-13/h2-3,6,9,11H,4-5,7,13H2,1H3. The summed E-state index contributed by atoms with van der Waals surface area (Å²) < 4.78 is 5.67. The monoisotopic (exact) mass is 236 g/mol. The van der Waals surface area contributed by atoms with Crippen molar-refractivity contribution >= 4 is 5.69 Å². The van der Waals surface area contributed by atoms with Crippen LogP contribution in [0.25, 0.3) is 0 Å². The maximum absolute atomic E-state index is 10.8. The fourth-order valence-corrected chi connectivity index (χ4v) is 2.01. The molecule has 1 aromatic carbocycles. The van der Waals surface area contributed by atoms with Crippen molar-refractivity contribution in [3.63, 3.8) is 0 Å². The Morgan fingerprint density at radius 1 is 1.53 bits per heavy atom. The Labute approximate surface area is 99.7 Å². The van der Waals surface area contributed by atoms with E-state index in [2.05, 4.69) is 0 Å². The fraction of sp³-hybridized carbons (Fsp3) is 0.500. The van der Waals surface area contributed by atoms with Crippen LogP contribution in [0.1, 0.15) is 18.4 Å². The lowest BCUT2D eigenvalue weighted by Crippen LogP contribution is -2.37. The van der Waals surface area contributed by atoms with Gasteiger partial charge in [-0.3, -0.25) is 10.1 Å². The maximum Gasteiger partial charge on any atom is 0.276 e. The van der Waals surface area contributed by atoms with E-state index in [4.69, 9.17) is 10.5 Å². The molecule has 2 N–H and O–H groups in total. The Bertz CT molecular complexity index is 428. The van der Waals surface area contributed by atoms with Gasteiger partial charge in [0, 0.05) is 5.56 Å². The second kappa shape index (κ2) is 4.71. The summed E-state index contributed by atoms with van der Waals surface area (Å²) in [6.45, 7) is 2.41. The zero-order chi connectivity index (χ0) is 12.4. The second-order valence-electron chi connectivity index (χ2n) is 4.52. The SMILES string of the molecule is Cc1ccc(OC2CC(CN)C2)cc1[N+](=O)[O-]. The van der Waals surface area contributed by atoms with Crippen molar-refractivity contribution in [2.45, 2.75) is 25.9 Å². The molecular weight excluding hydrogens is 220 g/mol. The minimum Gasteiger partial charge on any atom is -0.490 e. The number of nitro groups is 1. The van der Waals surface area contributed by atoms with Gasteiger partial charge in [-0.05, 0) is 44.4 Å². The molecule has 0 aliphatic heterocycles. The number of aryl methyl sites for hydroxylation is 1. The lowest BCUT2D eigenvalue weighted by atomic mass is 9.82. The maximum atomic E-state index is 10.8. The van der Waals surface area contributed by atoms with Gasteiger partial charge in [0.15, 0.2) is 0 Å². The minimum absolute atomic E-state index is 0.109. The number of ether oxygens (including phenoxy) is 1. The van der Waals surface area contributed by atoms with Crippen molar-refractivity contribution < 1.29 is 9.66 Å². The van der Waals surface area contributed by atoms with Crippen LogP contribution < -0.4 is 10.5 Å². The first-order valence-corrected chi connectivity index (χ1v) is 5.72. The highest BCUT2D eigenvalue weighted by Gasteiger charge is 2.29. The Morgan fingerprint density at radius 3 is 2.82 bits per heavy atom. The average molecular weight is 236 g/mol. The van der Waals surface area contributed by atoms with Crippen LogP contribution >= 0.6 is 0 Å². The summed E-state index contributed by atoms with van der Waals surface area (Å²) in [7, 11) is 0. The van der Waals surface area contributed by atoms with Gasteiger partial charge in [-0.2, -0.15) is 0 Å². The third-order valence-corrected chi connectivity index (χ3v) is 3.21. The molecule has 0 spiro atoms. The summed E-state index contributed by atoms with van der Waals surface area (Å²) in [6.07, 6.45) is 2.04. The highest BCUT2D eigenvalue weighted by atomic mass is 16.6. The van der Waals surface area contributed by atoms with Gasteiger partial charge in [0.2, 0.25) is 0 Å². The first-order valence-electron chi connectivity index (χ1n) is 5.72. The number of benzene rings is 1. The van der Waals surface area contributed by atoms with Crippen LogP contribution in [0.3, 0.4) is 0 Å². The van der Waals surface area contributed by atoms with E-state index in [0.29, 0.717) is 23.8 Å². The molecule has 1 aromatic rings. The quantitative estimate of drug-likeness (QED) is 0.640. The minimum atomic E-state index is -0.383. The molecule has 0 bridgehead atoms. The molecule has 0 aromatic heterocycles. The van der Waals surface area contributed by atoms with E-state index in [1.165, 1.54) is 6.07 Å². The Hall–Kier alpha value is -1.62. The molecule has 1 saturated carbocycles. The van der Waals surface area contributed by atoms with Gasteiger partial charge in [-0.1, -0.05) is 0 Å². The fourth-order valence-electron chi connectivity index (χ4n) is 2.01. The molecule has 0 atom stereocenters. The van der Waals surface area contributed by atoms with E-state index in [9.17, 15) is 10.1 Å². The van der Waals surface area contributed by atoms with Gasteiger partial charge < -0.3 is 10.5 Å². The van der Waals surface area contributed by atoms with Crippen LogP contribution in [0, 0.1) is 23.0 Å². The number of nitro benzene ring substituents is 1. The summed E-state index contributed by atoms with van der Waals surface area (Å²) in [6, 6.07) is 4.98. The summed E-state index contributed by atoms with van der Waals surface area (Å²) in [5, 5.41) is 10.8. The molecule has 0 heterocycles. The van der Waals surface area contributed by atoms with E-state index in [-0.39, 0.29) is 16.7 Å². The molecule has 0 saturated heterocycles. The Morgan fingerprint density at radius 2 is 2.24 bits per heavy atom. The molecule has 1 aliphatic carbocycles. The normalized spacial score (nSPS) is 22.9. The van der Waals surface area contributed by atoms with Crippen molar-refractivity contribution in [3.05, 3.63) is 33.9 Å². The van der Waals surface area contributed by atoms with E-state index < -0.39 is 0 Å². The third kappa shape index (κ3) is 2.55. The molecule has 1 fully saturated rings. The largest absolute Gasteiger partial charge is 0.490 e. The molecule has 1 aliphatic rings. The molecule has 5 nitrogen and oxygen atoms in total. The second-order valence-corrected chi connectivity index (χ2v) is 4.52. The van der Waals surface area contributed by atoms with Gasteiger partial charge in [-0.25, -0.2) is 0 Å². The third-order valence-electron chi connectivity index (χ3n) is 3.21. The van der Waals surface area contributed by atoms with E-state index in [0.717, 1.165) is 12.8 Å². The zero-order valence-electron chi connectivity index (χ0n) is 9.76. The van der Waals surface area contributed by atoms with E-state index >= 15 is 0 Å². The number of hydrogen-bond donors (Lipinski definition) is 1. The van der Waals surface area contributed by atoms with Gasteiger partial charge in [0.1, 0.15) is 5.75 Å². The van der Waals surface area contributed by atoms with Gasteiger partial charge in [-0.15, -0.1) is 0 Å². The van der Waals surface area contributed by atoms with Crippen LogP contribution in [0.5, 0.6) is 5.75 Å². The van der Waals surface area contributed by atoms with Crippen LogP contribution in [0.2, 0.25) is 0 Å². The number of rotatable bonds is 4. The van der Waals surface area contributed by atoms with Crippen molar-refractivity contribution in [3.8, 4) is 5.75 Å². The Balaban J connectivity index is 2.02. The lowest BCUT2D eigenvalue weighted by molar-refractivity contribution is -0.385. The highest BCUT2D eigenvalue weighted by molar-refractivity contribution is 5.45. The average Bonchev–Trinajstić information content (AvgIpc) is 2.24. The predicted molar refractivity (Wildman–Crippen MR) is 64.0 cm³/mol. The van der Waals surface area contributed by atoms with Gasteiger partial charge >= 0.3 is 0 Å². The first kappa shape index (κ1) is 11.9. The molecule has 0 unspecified atom stereocenters. The first-order chi connectivity index (χ1) is 8.10. The summed E-state index contributed by atoms with van der Waals surface area (Å²) in [5.41, 5.74) is 6.29. The van der Waals surface area contributed by atoms with Crippen molar-refractivity contribution in [1.29, 1.82) is 0 Å². The van der Waals surface area contributed by atoms with Crippen LogP contribution in [0.15, 0.2) is 18.2 Å². The zero-order valence-corrected chi connectivity index (χ0v) is 9.76. The molecule has 92 valence electrons. The topological polar surface area (TPSA) is 78.4 Å². The van der Waals surface area contributed by atoms with Gasteiger partial charge in [0.25, 0.3) is 5.69 Å². The van der Waals surface area contributed by atoms with Crippen molar-refractivity contribution in [2.75, 3.05) is 6.54 Å². The smallest absolute Gasteiger partial charge is 0.276 e. The van der Waals surface area contributed by atoms with E-state index in [1.54, 1.807) is 19.1 Å². The number of hydrogen-bond acceptors (Lipinski definition) is 4. The lowest BCUT2D eigenvalue weighted by Gasteiger charge is -2.34. The van der Waals surface area contributed by atoms with E-state index in [1.807, 2.05) is 0 Å². The van der Waals surface area contributed by atoms with Crippen LogP contribution in [-0.2, 0) is 0 Å². The predicted octanol–water partition coefficient (Wildman–Crippen LogP) is 2.02. The summed E-state index contributed by atoms with van der Waals surface area (Å²) in [4.78, 5) is 10.4. The molecule has 2 rings (SSSR count). The Kier molecular flexibility index (Phi) is 3.28. The number of nitrogens with zero attached hydrogens (tertiary/aromatic N) is 1. The van der Waals surface area contributed by atoms with Crippen molar-refractivity contribution in [1.82, 2.24) is 0 Å². The van der Waals surface area contributed by atoms with Crippen LogP contribution in [0.4, 0.5) is 5.69 Å². The van der Waals surface area contributed by atoms with Crippen molar-refractivity contribution in [2.24, 2.45) is 11.7 Å². The molecule has 5 heteroatoms. The highest BCUT2D eigenvalue weighted by Crippen LogP contribution is 2.32. The molecular formula is C12H16N2O3. The molecule has 0 amide bonds. The van der Waals surface area contributed by atoms with Gasteiger partial charge in [0.05, 0.1) is 17.1 Å². The van der Waals surface area contributed by atoms with Crippen LogP contribution in [-0.4, -0.2) is 17.6 Å². The molecule has 0 radical (unpaired) electrons. The summed E-state index contributed by atoms with van der Waals surface area (Å²) >= 11 is 0. The number of nitrogens with two attached hydrogens (primary N) is 1.